The first-order chi connectivity index (χ1) is 5.66. The lowest BCUT2D eigenvalue weighted by atomic mass is 10.1. The highest BCUT2D eigenvalue weighted by molar-refractivity contribution is 5.67. The molecule has 0 saturated carbocycles. The van der Waals surface area contributed by atoms with Gasteiger partial charge in [0, 0.05) is 0 Å². The van der Waals surface area contributed by atoms with Gasteiger partial charge in [0.1, 0.15) is 11.6 Å². The van der Waals surface area contributed by atoms with Crippen molar-refractivity contribution in [2.45, 2.75) is 6.92 Å². The quantitative estimate of drug-likeness (QED) is 0.656. The van der Waals surface area contributed by atoms with E-state index in [0.29, 0.717) is 16.9 Å². The highest BCUT2D eigenvalue weighted by atomic mass is 19.1. The van der Waals surface area contributed by atoms with Gasteiger partial charge in [-0.3, -0.25) is 0 Å². The highest BCUT2D eigenvalue weighted by Gasteiger charge is 2.08. The highest BCUT2D eigenvalue weighted by Crippen LogP contribution is 2.26. The maximum atomic E-state index is 13.1. The van der Waals surface area contributed by atoms with Gasteiger partial charge >= 0.3 is 0 Å². The van der Waals surface area contributed by atoms with Crippen molar-refractivity contribution in [3.63, 3.8) is 0 Å². The van der Waals surface area contributed by atoms with Gasteiger partial charge in [0.25, 0.3) is 0 Å². The molecule has 0 atom stereocenters. The van der Waals surface area contributed by atoms with Crippen molar-refractivity contribution >= 4 is 5.57 Å². The molecule has 0 bridgehead atoms. The number of methoxy groups -OCH3 is 1. The molecule has 1 nitrogen and oxygen atoms in total. The molecule has 12 heavy (non-hydrogen) atoms. The van der Waals surface area contributed by atoms with Crippen LogP contribution in [0.2, 0.25) is 0 Å². The molecule has 0 spiro atoms. The van der Waals surface area contributed by atoms with Crippen LogP contribution in [0.3, 0.4) is 0 Å². The van der Waals surface area contributed by atoms with E-state index in [-0.39, 0.29) is 5.82 Å². The van der Waals surface area contributed by atoms with Gasteiger partial charge in [-0.1, -0.05) is 12.6 Å². The largest absolute Gasteiger partial charge is 0.496 e. The third kappa shape index (κ3) is 1.47. The molecule has 0 unspecified atom stereocenters. The lowest BCUT2D eigenvalue weighted by Gasteiger charge is -2.07. The molecule has 0 aliphatic heterocycles. The van der Waals surface area contributed by atoms with Crippen LogP contribution in [0.1, 0.15) is 12.5 Å². The second-order valence-electron chi connectivity index (χ2n) is 2.60. The third-order valence-electron chi connectivity index (χ3n) is 1.62. The van der Waals surface area contributed by atoms with E-state index < -0.39 is 0 Å². The molecule has 64 valence electrons. The number of benzene rings is 1. The molecule has 0 N–H and O–H groups in total. The molecule has 0 fully saturated rings. The fourth-order valence-electron chi connectivity index (χ4n) is 1.09. The van der Waals surface area contributed by atoms with Crippen LogP contribution in [0.25, 0.3) is 5.57 Å². The van der Waals surface area contributed by atoms with Crippen molar-refractivity contribution in [3.8, 4) is 5.75 Å². The van der Waals surface area contributed by atoms with E-state index in [1.807, 2.05) is 0 Å². The maximum absolute atomic E-state index is 13.1. The molecule has 1 aromatic carbocycles. The fraction of sp³-hybridized carbons (Fsp3) is 0.200. The molecule has 1 rings (SSSR count). The Morgan fingerprint density at radius 2 is 2.17 bits per heavy atom. The second kappa shape index (κ2) is 3.39. The zero-order valence-electron chi connectivity index (χ0n) is 7.23. The van der Waals surface area contributed by atoms with E-state index in [0.717, 1.165) is 0 Å². The molecule has 1 aromatic rings. The summed E-state index contributed by atoms with van der Waals surface area (Å²) in [7, 11) is 1.52. The summed E-state index contributed by atoms with van der Waals surface area (Å²) in [4.78, 5) is 0. The zero-order valence-corrected chi connectivity index (χ0v) is 7.23. The van der Waals surface area contributed by atoms with Crippen LogP contribution in [-0.2, 0) is 0 Å². The second-order valence-corrected chi connectivity index (χ2v) is 2.60. The SMILES string of the molecule is C=C(C)c1c(F)cccc1OC. The van der Waals surface area contributed by atoms with Crippen LogP contribution in [0.5, 0.6) is 5.75 Å². The van der Waals surface area contributed by atoms with Crippen LogP contribution < -0.4 is 4.74 Å². The van der Waals surface area contributed by atoms with Crippen LogP contribution >= 0.6 is 0 Å². The number of hydrogen-bond acceptors (Lipinski definition) is 1. The van der Waals surface area contributed by atoms with Crippen molar-refractivity contribution in [1.82, 2.24) is 0 Å². The first-order valence-corrected chi connectivity index (χ1v) is 3.65. The molecule has 0 aliphatic rings. The molecule has 0 radical (unpaired) electrons. The van der Waals surface area contributed by atoms with E-state index in [1.165, 1.54) is 13.2 Å². The standard InChI is InChI=1S/C10H11FO/c1-7(2)10-8(11)5-4-6-9(10)12-3/h4-6H,1H2,2-3H3. The summed E-state index contributed by atoms with van der Waals surface area (Å²) in [5.74, 6) is 0.240. The van der Waals surface area contributed by atoms with Gasteiger partial charge < -0.3 is 4.74 Å². The minimum atomic E-state index is -0.290. The summed E-state index contributed by atoms with van der Waals surface area (Å²) in [5.41, 5.74) is 1.13. The average Bonchev–Trinajstić information content (AvgIpc) is 2.03. The first-order valence-electron chi connectivity index (χ1n) is 3.65. The van der Waals surface area contributed by atoms with E-state index in [9.17, 15) is 4.39 Å². The molecule has 0 amide bonds. The van der Waals surface area contributed by atoms with Crippen molar-refractivity contribution in [3.05, 3.63) is 36.2 Å². The predicted molar refractivity (Wildman–Crippen MR) is 47.7 cm³/mol. The predicted octanol–water partition coefficient (Wildman–Crippen LogP) is 2.87. The Morgan fingerprint density at radius 1 is 1.50 bits per heavy atom. The average molecular weight is 166 g/mol. The molecule has 2 heteroatoms. The number of halogens is 1. The lowest BCUT2D eigenvalue weighted by Crippen LogP contribution is -1.92. The molecule has 0 aliphatic carbocycles. The van der Waals surface area contributed by atoms with Gasteiger partial charge in [-0.25, -0.2) is 4.39 Å². The van der Waals surface area contributed by atoms with E-state index in [2.05, 4.69) is 6.58 Å². The van der Waals surface area contributed by atoms with Gasteiger partial charge in [-0.15, -0.1) is 0 Å². The number of allylic oxidation sites excluding steroid dienone is 1. The van der Waals surface area contributed by atoms with Gasteiger partial charge in [0.05, 0.1) is 12.7 Å². The Kier molecular flexibility index (Phi) is 2.48. The summed E-state index contributed by atoms with van der Waals surface area (Å²) in [6, 6.07) is 4.72. The summed E-state index contributed by atoms with van der Waals surface area (Å²) < 4.78 is 18.1. The zero-order chi connectivity index (χ0) is 9.14. The van der Waals surface area contributed by atoms with Crippen molar-refractivity contribution in [2.24, 2.45) is 0 Å². The van der Waals surface area contributed by atoms with Gasteiger partial charge in [-0.05, 0) is 24.6 Å². The molecular weight excluding hydrogens is 155 g/mol. The summed E-state index contributed by atoms with van der Waals surface area (Å²) in [6.45, 7) is 5.43. The Hall–Kier alpha value is -1.31. The van der Waals surface area contributed by atoms with Crippen LogP contribution in [0.15, 0.2) is 24.8 Å². The maximum Gasteiger partial charge on any atom is 0.134 e. The van der Waals surface area contributed by atoms with Crippen LogP contribution in [-0.4, -0.2) is 7.11 Å². The van der Waals surface area contributed by atoms with Crippen molar-refractivity contribution in [1.29, 1.82) is 0 Å². The van der Waals surface area contributed by atoms with E-state index >= 15 is 0 Å². The smallest absolute Gasteiger partial charge is 0.134 e. The first kappa shape index (κ1) is 8.78. The van der Waals surface area contributed by atoms with E-state index in [4.69, 9.17) is 4.74 Å². The number of hydrogen-bond donors (Lipinski definition) is 0. The normalized spacial score (nSPS) is 9.58. The van der Waals surface area contributed by atoms with Gasteiger partial charge in [0.2, 0.25) is 0 Å². The van der Waals surface area contributed by atoms with Gasteiger partial charge in [-0.2, -0.15) is 0 Å². The minimum Gasteiger partial charge on any atom is -0.496 e. The lowest BCUT2D eigenvalue weighted by molar-refractivity contribution is 0.409. The van der Waals surface area contributed by atoms with Gasteiger partial charge in [0.15, 0.2) is 0 Å². The molecule has 0 heterocycles. The monoisotopic (exact) mass is 166 g/mol. The minimum absolute atomic E-state index is 0.290. The molecular formula is C10H11FO. The molecule has 0 aromatic heterocycles. The summed E-state index contributed by atoms with van der Waals surface area (Å²) in [5, 5.41) is 0. The third-order valence-corrected chi connectivity index (χ3v) is 1.62. The summed E-state index contributed by atoms with van der Waals surface area (Å²) >= 11 is 0. The van der Waals surface area contributed by atoms with Crippen LogP contribution in [0, 0.1) is 5.82 Å². The number of ether oxygens (including phenoxy) is 1. The van der Waals surface area contributed by atoms with Crippen molar-refractivity contribution in [2.75, 3.05) is 7.11 Å². The Bertz CT molecular complexity index is 305. The fourth-order valence-corrected chi connectivity index (χ4v) is 1.09. The topological polar surface area (TPSA) is 9.23 Å². The van der Waals surface area contributed by atoms with Crippen molar-refractivity contribution < 1.29 is 9.13 Å². The van der Waals surface area contributed by atoms with Crippen LogP contribution in [0.4, 0.5) is 4.39 Å². The summed E-state index contributed by atoms with van der Waals surface area (Å²) in [6.07, 6.45) is 0. The number of rotatable bonds is 2. The Labute approximate surface area is 71.5 Å². The van der Waals surface area contributed by atoms with E-state index in [1.54, 1.807) is 19.1 Å². The molecule has 0 saturated heterocycles. The Balaban J connectivity index is 3.29. The Morgan fingerprint density at radius 3 is 2.58 bits per heavy atom.